The first-order chi connectivity index (χ1) is 13.8. The summed E-state index contributed by atoms with van der Waals surface area (Å²) < 4.78 is 5.77. The Morgan fingerprint density at radius 3 is 2.10 bits per heavy atom. The SMILES string of the molecule is CC(=O)Nc1ccc(NC(=O)Cc2nc(-c3ccc(C(C)C)cc3)oc2C)cc1. The molecule has 0 unspecified atom stereocenters. The first-order valence-electron chi connectivity index (χ1n) is 9.56. The molecule has 0 saturated carbocycles. The van der Waals surface area contributed by atoms with Crippen LogP contribution in [0.3, 0.4) is 0 Å². The second kappa shape index (κ2) is 8.73. The van der Waals surface area contributed by atoms with Gasteiger partial charge in [-0.25, -0.2) is 4.98 Å². The number of rotatable bonds is 6. The van der Waals surface area contributed by atoms with Gasteiger partial charge in [-0.15, -0.1) is 0 Å². The van der Waals surface area contributed by atoms with Crippen molar-refractivity contribution in [1.29, 1.82) is 0 Å². The molecule has 0 radical (unpaired) electrons. The normalized spacial score (nSPS) is 10.8. The molecule has 0 fully saturated rings. The lowest BCUT2D eigenvalue weighted by Crippen LogP contribution is -2.15. The monoisotopic (exact) mass is 391 g/mol. The van der Waals surface area contributed by atoms with Crippen molar-refractivity contribution in [2.75, 3.05) is 10.6 Å². The number of carbonyl (C=O) groups is 2. The molecule has 0 saturated heterocycles. The van der Waals surface area contributed by atoms with Gasteiger partial charge in [0.2, 0.25) is 17.7 Å². The van der Waals surface area contributed by atoms with E-state index in [0.29, 0.717) is 34.6 Å². The van der Waals surface area contributed by atoms with Crippen molar-refractivity contribution in [3.05, 3.63) is 65.5 Å². The van der Waals surface area contributed by atoms with Crippen LogP contribution >= 0.6 is 0 Å². The van der Waals surface area contributed by atoms with Gasteiger partial charge >= 0.3 is 0 Å². The zero-order chi connectivity index (χ0) is 21.0. The maximum Gasteiger partial charge on any atom is 0.230 e. The van der Waals surface area contributed by atoms with E-state index in [9.17, 15) is 9.59 Å². The van der Waals surface area contributed by atoms with Crippen LogP contribution in [-0.2, 0) is 16.0 Å². The van der Waals surface area contributed by atoms with E-state index in [-0.39, 0.29) is 18.2 Å². The van der Waals surface area contributed by atoms with Crippen LogP contribution in [0.25, 0.3) is 11.5 Å². The molecule has 0 bridgehead atoms. The van der Waals surface area contributed by atoms with Crippen LogP contribution < -0.4 is 10.6 Å². The number of nitrogens with one attached hydrogen (secondary N) is 2. The summed E-state index contributed by atoms with van der Waals surface area (Å²) in [6, 6.07) is 15.0. The van der Waals surface area contributed by atoms with Crippen LogP contribution in [0, 0.1) is 6.92 Å². The van der Waals surface area contributed by atoms with E-state index < -0.39 is 0 Å². The Morgan fingerprint density at radius 2 is 1.55 bits per heavy atom. The van der Waals surface area contributed by atoms with E-state index in [1.165, 1.54) is 12.5 Å². The summed E-state index contributed by atoms with van der Waals surface area (Å²) in [6.07, 6.45) is 0.118. The highest BCUT2D eigenvalue weighted by molar-refractivity contribution is 5.93. The minimum Gasteiger partial charge on any atom is -0.441 e. The number of hydrogen-bond donors (Lipinski definition) is 2. The van der Waals surface area contributed by atoms with Gasteiger partial charge in [0.05, 0.1) is 12.1 Å². The summed E-state index contributed by atoms with van der Waals surface area (Å²) in [7, 11) is 0. The van der Waals surface area contributed by atoms with Gasteiger partial charge in [0.25, 0.3) is 0 Å². The number of nitrogens with zero attached hydrogens (tertiary/aromatic N) is 1. The third-order valence-electron chi connectivity index (χ3n) is 4.53. The summed E-state index contributed by atoms with van der Waals surface area (Å²) in [4.78, 5) is 28.0. The average Bonchev–Trinajstić information content (AvgIpc) is 3.03. The highest BCUT2D eigenvalue weighted by atomic mass is 16.4. The summed E-state index contributed by atoms with van der Waals surface area (Å²) in [5.41, 5.74) is 4.07. The van der Waals surface area contributed by atoms with Crippen molar-refractivity contribution in [1.82, 2.24) is 4.98 Å². The Kier molecular flexibility index (Phi) is 6.12. The van der Waals surface area contributed by atoms with Gasteiger partial charge in [-0.2, -0.15) is 0 Å². The van der Waals surface area contributed by atoms with Crippen LogP contribution in [-0.4, -0.2) is 16.8 Å². The third kappa shape index (κ3) is 5.31. The fraction of sp³-hybridized carbons (Fsp3) is 0.261. The zero-order valence-electron chi connectivity index (χ0n) is 17.1. The number of aromatic nitrogens is 1. The van der Waals surface area contributed by atoms with Crippen LogP contribution in [0.5, 0.6) is 0 Å². The lowest BCUT2D eigenvalue weighted by Gasteiger charge is -2.06. The molecule has 6 nitrogen and oxygen atoms in total. The summed E-state index contributed by atoms with van der Waals surface area (Å²) in [6.45, 7) is 7.55. The maximum atomic E-state index is 12.4. The molecule has 1 aromatic heterocycles. The first-order valence-corrected chi connectivity index (χ1v) is 9.56. The second-order valence-corrected chi connectivity index (χ2v) is 7.28. The molecule has 2 amide bonds. The van der Waals surface area contributed by atoms with Crippen LogP contribution in [0.1, 0.15) is 43.7 Å². The number of oxazole rings is 1. The van der Waals surface area contributed by atoms with Gasteiger partial charge in [0.15, 0.2) is 0 Å². The van der Waals surface area contributed by atoms with Crippen molar-refractivity contribution in [3.63, 3.8) is 0 Å². The van der Waals surface area contributed by atoms with Gasteiger partial charge in [-0.3, -0.25) is 9.59 Å². The molecule has 150 valence electrons. The minimum absolute atomic E-state index is 0.118. The molecule has 2 N–H and O–H groups in total. The maximum absolute atomic E-state index is 12.4. The number of benzene rings is 2. The highest BCUT2D eigenvalue weighted by Gasteiger charge is 2.15. The zero-order valence-corrected chi connectivity index (χ0v) is 17.1. The Morgan fingerprint density at radius 1 is 0.966 bits per heavy atom. The van der Waals surface area contributed by atoms with Gasteiger partial charge in [-0.1, -0.05) is 26.0 Å². The van der Waals surface area contributed by atoms with Crippen molar-refractivity contribution in [2.24, 2.45) is 0 Å². The van der Waals surface area contributed by atoms with Gasteiger partial charge in [0, 0.05) is 23.9 Å². The Bertz CT molecular complexity index is 1000. The fourth-order valence-corrected chi connectivity index (χ4v) is 2.92. The van der Waals surface area contributed by atoms with E-state index in [4.69, 9.17) is 4.42 Å². The molecule has 0 spiro atoms. The quantitative estimate of drug-likeness (QED) is 0.625. The lowest BCUT2D eigenvalue weighted by atomic mass is 10.0. The third-order valence-corrected chi connectivity index (χ3v) is 4.53. The Labute approximate surface area is 170 Å². The molecule has 0 aliphatic carbocycles. The Balaban J connectivity index is 1.65. The van der Waals surface area contributed by atoms with Crippen molar-refractivity contribution in [3.8, 4) is 11.5 Å². The van der Waals surface area contributed by atoms with Crippen molar-refractivity contribution < 1.29 is 14.0 Å². The second-order valence-electron chi connectivity index (χ2n) is 7.28. The van der Waals surface area contributed by atoms with E-state index in [1.54, 1.807) is 24.3 Å². The summed E-state index contributed by atoms with van der Waals surface area (Å²) in [5.74, 6) is 1.28. The van der Waals surface area contributed by atoms with Gasteiger partial charge in [0.1, 0.15) is 5.76 Å². The summed E-state index contributed by atoms with van der Waals surface area (Å²) in [5, 5.41) is 5.52. The topological polar surface area (TPSA) is 84.2 Å². The Hall–Kier alpha value is -3.41. The predicted molar refractivity (Wildman–Crippen MR) is 114 cm³/mol. The molecular formula is C23H25N3O3. The summed E-state index contributed by atoms with van der Waals surface area (Å²) >= 11 is 0. The van der Waals surface area contributed by atoms with E-state index >= 15 is 0 Å². The van der Waals surface area contributed by atoms with Crippen LogP contribution in [0.4, 0.5) is 11.4 Å². The molecule has 6 heteroatoms. The predicted octanol–water partition coefficient (Wildman–Crippen LogP) is 4.91. The van der Waals surface area contributed by atoms with E-state index in [1.807, 2.05) is 19.1 Å². The fourth-order valence-electron chi connectivity index (χ4n) is 2.92. The first kappa shape index (κ1) is 20.3. The molecular weight excluding hydrogens is 366 g/mol. The molecule has 0 aliphatic rings. The number of anilines is 2. The minimum atomic E-state index is -0.185. The van der Waals surface area contributed by atoms with Crippen molar-refractivity contribution in [2.45, 2.75) is 40.0 Å². The lowest BCUT2D eigenvalue weighted by molar-refractivity contribution is -0.116. The standard InChI is InChI=1S/C23H25N3O3/c1-14(2)17-5-7-18(8-6-17)23-26-21(15(3)29-23)13-22(28)25-20-11-9-19(10-12-20)24-16(4)27/h5-12,14H,13H2,1-4H3,(H,24,27)(H,25,28). The molecule has 0 aliphatic heterocycles. The molecule has 1 heterocycles. The molecule has 3 rings (SSSR count). The smallest absolute Gasteiger partial charge is 0.230 e. The van der Waals surface area contributed by atoms with E-state index in [2.05, 4.69) is 41.6 Å². The molecule has 2 aromatic carbocycles. The molecule has 3 aromatic rings. The average molecular weight is 391 g/mol. The van der Waals surface area contributed by atoms with Gasteiger partial charge < -0.3 is 15.1 Å². The van der Waals surface area contributed by atoms with Crippen LogP contribution in [0.15, 0.2) is 52.9 Å². The van der Waals surface area contributed by atoms with Gasteiger partial charge in [-0.05, 0) is 54.8 Å². The number of aryl methyl sites for hydroxylation is 1. The number of carbonyl (C=O) groups excluding carboxylic acids is 2. The van der Waals surface area contributed by atoms with Crippen LogP contribution in [0.2, 0.25) is 0 Å². The van der Waals surface area contributed by atoms with E-state index in [0.717, 1.165) is 5.56 Å². The molecule has 0 atom stereocenters. The number of hydrogen-bond acceptors (Lipinski definition) is 4. The molecule has 29 heavy (non-hydrogen) atoms. The highest BCUT2D eigenvalue weighted by Crippen LogP contribution is 2.24. The number of amides is 2. The van der Waals surface area contributed by atoms with Crippen molar-refractivity contribution >= 4 is 23.2 Å². The largest absolute Gasteiger partial charge is 0.441 e.